The predicted molar refractivity (Wildman–Crippen MR) is 108 cm³/mol. The SMILES string of the molecule is COc1ccc(N2CCN(C(=O)CN3CC[C@H]4CCCC[C@@H]4C3)CC2)cc1. The highest BCUT2D eigenvalue weighted by Crippen LogP contribution is 2.36. The van der Waals surface area contributed by atoms with E-state index in [1.807, 2.05) is 12.1 Å². The van der Waals surface area contributed by atoms with E-state index in [0.717, 1.165) is 56.9 Å². The number of hydrogen-bond donors (Lipinski definition) is 0. The predicted octanol–water partition coefficient (Wildman–Crippen LogP) is 2.86. The van der Waals surface area contributed by atoms with Crippen LogP contribution in [0, 0.1) is 11.8 Å². The van der Waals surface area contributed by atoms with Crippen molar-refractivity contribution in [3.05, 3.63) is 24.3 Å². The molecule has 2 aliphatic heterocycles. The van der Waals surface area contributed by atoms with Crippen molar-refractivity contribution in [3.8, 4) is 5.75 Å². The van der Waals surface area contributed by atoms with E-state index in [4.69, 9.17) is 4.74 Å². The summed E-state index contributed by atoms with van der Waals surface area (Å²) in [4.78, 5) is 19.6. The van der Waals surface area contributed by atoms with Gasteiger partial charge in [-0.05, 0) is 55.5 Å². The maximum absolute atomic E-state index is 12.8. The Kier molecular flexibility index (Phi) is 5.86. The molecule has 3 aliphatic rings. The van der Waals surface area contributed by atoms with Gasteiger partial charge in [-0.15, -0.1) is 0 Å². The minimum Gasteiger partial charge on any atom is -0.497 e. The lowest BCUT2D eigenvalue weighted by Gasteiger charge is -2.42. The molecule has 1 saturated carbocycles. The van der Waals surface area contributed by atoms with Crippen molar-refractivity contribution in [2.75, 3.05) is 57.8 Å². The highest BCUT2D eigenvalue weighted by atomic mass is 16.5. The molecular formula is C22H33N3O2. The Morgan fingerprint density at radius 2 is 1.67 bits per heavy atom. The molecule has 1 aromatic rings. The number of fused-ring (bicyclic) bond motifs is 1. The fourth-order valence-electron chi connectivity index (χ4n) is 5.12. The minimum absolute atomic E-state index is 0.318. The van der Waals surface area contributed by atoms with E-state index in [-0.39, 0.29) is 0 Å². The largest absolute Gasteiger partial charge is 0.497 e. The van der Waals surface area contributed by atoms with Crippen molar-refractivity contribution < 1.29 is 9.53 Å². The molecule has 5 heteroatoms. The topological polar surface area (TPSA) is 36.0 Å². The number of piperazine rings is 1. The van der Waals surface area contributed by atoms with Gasteiger partial charge in [0.05, 0.1) is 13.7 Å². The summed E-state index contributed by atoms with van der Waals surface area (Å²) in [5.41, 5.74) is 1.21. The smallest absolute Gasteiger partial charge is 0.236 e. The Morgan fingerprint density at radius 1 is 0.963 bits per heavy atom. The number of ether oxygens (including phenoxy) is 1. The molecule has 27 heavy (non-hydrogen) atoms. The molecule has 1 aliphatic carbocycles. The van der Waals surface area contributed by atoms with Crippen LogP contribution in [-0.4, -0.2) is 68.6 Å². The summed E-state index contributed by atoms with van der Waals surface area (Å²) in [6, 6.07) is 8.21. The van der Waals surface area contributed by atoms with Gasteiger partial charge in [0.15, 0.2) is 0 Å². The standard InChI is InChI=1S/C22H33N3O2/c1-27-21-8-6-20(7-9-21)24-12-14-25(15-13-24)22(26)17-23-11-10-18-4-2-3-5-19(18)16-23/h6-9,18-19H,2-5,10-17H2,1H3/t18-,19-/m1/s1. The first-order valence-electron chi connectivity index (χ1n) is 10.6. The number of methoxy groups -OCH3 is 1. The van der Waals surface area contributed by atoms with Gasteiger partial charge in [-0.3, -0.25) is 9.69 Å². The maximum Gasteiger partial charge on any atom is 0.236 e. The zero-order valence-electron chi connectivity index (χ0n) is 16.6. The first-order valence-corrected chi connectivity index (χ1v) is 10.6. The lowest BCUT2D eigenvalue weighted by atomic mass is 9.75. The van der Waals surface area contributed by atoms with Crippen LogP contribution in [-0.2, 0) is 4.79 Å². The molecule has 0 radical (unpaired) electrons. The Morgan fingerprint density at radius 3 is 2.37 bits per heavy atom. The fraction of sp³-hybridized carbons (Fsp3) is 0.682. The van der Waals surface area contributed by atoms with Crippen LogP contribution in [0.5, 0.6) is 5.75 Å². The molecule has 5 nitrogen and oxygen atoms in total. The molecule has 2 atom stereocenters. The van der Waals surface area contributed by atoms with E-state index >= 15 is 0 Å². The molecule has 0 N–H and O–H groups in total. The molecule has 0 unspecified atom stereocenters. The zero-order valence-corrected chi connectivity index (χ0v) is 16.6. The van der Waals surface area contributed by atoms with Crippen molar-refractivity contribution >= 4 is 11.6 Å². The second kappa shape index (κ2) is 8.51. The number of piperidine rings is 1. The van der Waals surface area contributed by atoms with Crippen LogP contribution in [0.15, 0.2) is 24.3 Å². The van der Waals surface area contributed by atoms with E-state index in [0.29, 0.717) is 12.5 Å². The Balaban J connectivity index is 1.24. The highest BCUT2D eigenvalue weighted by Gasteiger charge is 2.32. The van der Waals surface area contributed by atoms with Gasteiger partial charge >= 0.3 is 0 Å². The second-order valence-corrected chi connectivity index (χ2v) is 8.39. The van der Waals surface area contributed by atoms with Gasteiger partial charge < -0.3 is 14.5 Å². The van der Waals surface area contributed by atoms with Gasteiger partial charge in [-0.25, -0.2) is 0 Å². The first kappa shape index (κ1) is 18.6. The number of amides is 1. The summed E-state index contributed by atoms with van der Waals surface area (Å²) in [7, 11) is 1.69. The number of hydrogen-bond acceptors (Lipinski definition) is 4. The fourth-order valence-corrected chi connectivity index (χ4v) is 5.12. The van der Waals surface area contributed by atoms with Crippen LogP contribution in [0.25, 0.3) is 0 Å². The summed E-state index contributed by atoms with van der Waals surface area (Å²) >= 11 is 0. The average Bonchev–Trinajstić information content (AvgIpc) is 2.74. The lowest BCUT2D eigenvalue weighted by molar-refractivity contribution is -0.133. The maximum atomic E-state index is 12.8. The van der Waals surface area contributed by atoms with Gasteiger partial charge in [-0.1, -0.05) is 19.3 Å². The van der Waals surface area contributed by atoms with Crippen molar-refractivity contribution in [2.45, 2.75) is 32.1 Å². The lowest BCUT2D eigenvalue weighted by Crippen LogP contribution is -2.52. The summed E-state index contributed by atoms with van der Waals surface area (Å²) in [5.74, 6) is 2.97. The van der Waals surface area contributed by atoms with E-state index in [1.54, 1.807) is 7.11 Å². The first-order chi connectivity index (χ1) is 13.2. The van der Waals surface area contributed by atoms with Crippen molar-refractivity contribution in [3.63, 3.8) is 0 Å². The van der Waals surface area contributed by atoms with E-state index < -0.39 is 0 Å². The third-order valence-electron chi connectivity index (χ3n) is 6.80. The van der Waals surface area contributed by atoms with Crippen molar-refractivity contribution in [1.82, 2.24) is 9.80 Å². The third-order valence-corrected chi connectivity index (χ3v) is 6.80. The molecular weight excluding hydrogens is 338 g/mol. The normalized spacial score (nSPS) is 26.6. The quantitative estimate of drug-likeness (QED) is 0.815. The number of nitrogens with zero attached hydrogens (tertiary/aromatic N) is 3. The monoisotopic (exact) mass is 371 g/mol. The van der Waals surface area contributed by atoms with Crippen LogP contribution in [0.3, 0.4) is 0 Å². The molecule has 0 spiro atoms. The van der Waals surface area contributed by atoms with Crippen LogP contribution in [0.4, 0.5) is 5.69 Å². The third kappa shape index (κ3) is 4.40. The van der Waals surface area contributed by atoms with E-state index in [9.17, 15) is 4.79 Å². The second-order valence-electron chi connectivity index (χ2n) is 8.39. The van der Waals surface area contributed by atoms with Gasteiger partial charge in [0.2, 0.25) is 5.91 Å². The summed E-state index contributed by atoms with van der Waals surface area (Å²) in [5, 5.41) is 0. The van der Waals surface area contributed by atoms with Gasteiger partial charge in [-0.2, -0.15) is 0 Å². The zero-order chi connectivity index (χ0) is 18.6. The molecule has 0 aromatic heterocycles. The molecule has 1 aromatic carbocycles. The molecule has 1 amide bonds. The van der Waals surface area contributed by atoms with Crippen molar-refractivity contribution in [2.24, 2.45) is 11.8 Å². The van der Waals surface area contributed by atoms with Gasteiger partial charge in [0, 0.05) is 38.4 Å². The Hall–Kier alpha value is -1.75. The molecule has 0 bridgehead atoms. The number of benzene rings is 1. The number of rotatable bonds is 4. The molecule has 148 valence electrons. The van der Waals surface area contributed by atoms with Gasteiger partial charge in [0.1, 0.15) is 5.75 Å². The summed E-state index contributed by atoms with van der Waals surface area (Å²) < 4.78 is 5.23. The summed E-state index contributed by atoms with van der Waals surface area (Å²) in [6.45, 7) is 6.33. The van der Waals surface area contributed by atoms with Crippen LogP contribution < -0.4 is 9.64 Å². The molecule has 2 heterocycles. The van der Waals surface area contributed by atoms with Gasteiger partial charge in [0.25, 0.3) is 0 Å². The minimum atomic E-state index is 0.318. The van der Waals surface area contributed by atoms with Crippen LogP contribution >= 0.6 is 0 Å². The number of carbonyl (C=O) groups excluding carboxylic acids is 1. The van der Waals surface area contributed by atoms with E-state index in [1.165, 1.54) is 37.8 Å². The Bertz CT molecular complexity index is 625. The Labute approximate surface area is 163 Å². The van der Waals surface area contributed by atoms with E-state index in [2.05, 4.69) is 26.8 Å². The molecule has 4 rings (SSSR count). The number of carbonyl (C=O) groups is 1. The van der Waals surface area contributed by atoms with Crippen LogP contribution in [0.2, 0.25) is 0 Å². The number of anilines is 1. The molecule has 3 fully saturated rings. The average molecular weight is 372 g/mol. The number of likely N-dealkylation sites (tertiary alicyclic amines) is 1. The summed E-state index contributed by atoms with van der Waals surface area (Å²) in [6.07, 6.45) is 6.88. The molecule has 2 saturated heterocycles. The highest BCUT2D eigenvalue weighted by molar-refractivity contribution is 5.78. The van der Waals surface area contributed by atoms with Crippen molar-refractivity contribution in [1.29, 1.82) is 0 Å². The van der Waals surface area contributed by atoms with Crippen LogP contribution in [0.1, 0.15) is 32.1 Å².